The number of benzene rings is 1. The van der Waals surface area contributed by atoms with Crippen LogP contribution in [-0.2, 0) is 4.74 Å². The number of esters is 1. The summed E-state index contributed by atoms with van der Waals surface area (Å²) in [5.74, 6) is 0.943. The molecule has 0 amide bonds. The Morgan fingerprint density at radius 1 is 0.917 bits per heavy atom. The SMILES string of the molecule is CCOC(=O)c1ccc(OCCCCCCCCBr)c(OCC)c1. The van der Waals surface area contributed by atoms with Crippen LogP contribution in [0, 0.1) is 0 Å². The molecule has 1 rings (SSSR count). The van der Waals surface area contributed by atoms with Crippen molar-refractivity contribution in [2.45, 2.75) is 52.4 Å². The van der Waals surface area contributed by atoms with Gasteiger partial charge >= 0.3 is 5.97 Å². The first-order chi connectivity index (χ1) is 11.7. The number of carbonyl (C=O) groups is 1. The highest BCUT2D eigenvalue weighted by molar-refractivity contribution is 9.09. The average molecular weight is 401 g/mol. The van der Waals surface area contributed by atoms with E-state index in [1.165, 1.54) is 32.1 Å². The Morgan fingerprint density at radius 2 is 1.62 bits per heavy atom. The van der Waals surface area contributed by atoms with E-state index in [1.54, 1.807) is 25.1 Å². The predicted molar refractivity (Wildman–Crippen MR) is 101 cm³/mol. The second-order valence-corrected chi connectivity index (χ2v) is 6.27. The lowest BCUT2D eigenvalue weighted by Crippen LogP contribution is -2.06. The fourth-order valence-electron chi connectivity index (χ4n) is 2.32. The summed E-state index contributed by atoms with van der Waals surface area (Å²) < 4.78 is 16.4. The van der Waals surface area contributed by atoms with Crippen LogP contribution in [0.25, 0.3) is 0 Å². The first-order valence-corrected chi connectivity index (χ1v) is 9.97. The molecule has 0 fully saturated rings. The summed E-state index contributed by atoms with van der Waals surface area (Å²) in [6.45, 7) is 5.25. The van der Waals surface area contributed by atoms with Crippen LogP contribution in [0.5, 0.6) is 11.5 Å². The molecular weight excluding hydrogens is 372 g/mol. The number of hydrogen-bond acceptors (Lipinski definition) is 4. The quantitative estimate of drug-likeness (QED) is 0.253. The third-order valence-corrected chi connectivity index (χ3v) is 4.10. The van der Waals surface area contributed by atoms with E-state index >= 15 is 0 Å². The van der Waals surface area contributed by atoms with Crippen LogP contribution in [0.2, 0.25) is 0 Å². The number of alkyl halides is 1. The van der Waals surface area contributed by atoms with Gasteiger partial charge in [-0.05, 0) is 44.9 Å². The molecule has 0 heterocycles. The van der Waals surface area contributed by atoms with E-state index in [9.17, 15) is 4.79 Å². The normalized spacial score (nSPS) is 10.5. The molecule has 0 bridgehead atoms. The zero-order chi connectivity index (χ0) is 17.6. The van der Waals surface area contributed by atoms with E-state index in [1.807, 2.05) is 6.92 Å². The monoisotopic (exact) mass is 400 g/mol. The first-order valence-electron chi connectivity index (χ1n) is 8.85. The second-order valence-electron chi connectivity index (χ2n) is 5.47. The van der Waals surface area contributed by atoms with E-state index in [0.717, 1.165) is 11.8 Å². The maximum Gasteiger partial charge on any atom is 0.338 e. The molecule has 0 aliphatic rings. The maximum absolute atomic E-state index is 11.8. The number of rotatable bonds is 13. The van der Waals surface area contributed by atoms with Gasteiger partial charge in [0.1, 0.15) is 0 Å². The van der Waals surface area contributed by atoms with Gasteiger partial charge in [0.15, 0.2) is 11.5 Å². The van der Waals surface area contributed by atoms with Gasteiger partial charge in [0.25, 0.3) is 0 Å². The summed E-state index contributed by atoms with van der Waals surface area (Å²) in [5.41, 5.74) is 0.486. The van der Waals surface area contributed by atoms with Crippen LogP contribution >= 0.6 is 15.9 Å². The molecule has 0 saturated heterocycles. The third-order valence-electron chi connectivity index (χ3n) is 3.54. The lowest BCUT2D eigenvalue weighted by atomic mass is 10.1. The molecule has 136 valence electrons. The molecule has 0 aliphatic heterocycles. The molecular formula is C19H29BrO4. The molecule has 4 nitrogen and oxygen atoms in total. The van der Waals surface area contributed by atoms with Crippen molar-refractivity contribution in [3.05, 3.63) is 23.8 Å². The zero-order valence-electron chi connectivity index (χ0n) is 14.8. The molecule has 0 aromatic heterocycles. The minimum absolute atomic E-state index is 0.339. The van der Waals surface area contributed by atoms with Gasteiger partial charge in [-0.15, -0.1) is 0 Å². The number of hydrogen-bond donors (Lipinski definition) is 0. The molecule has 0 aliphatic carbocycles. The lowest BCUT2D eigenvalue weighted by molar-refractivity contribution is 0.0525. The summed E-state index contributed by atoms with van der Waals surface area (Å²) in [6.07, 6.45) is 7.27. The van der Waals surface area contributed by atoms with Gasteiger partial charge in [0.2, 0.25) is 0 Å². The van der Waals surface area contributed by atoms with Crippen molar-refractivity contribution < 1.29 is 19.0 Å². The molecule has 0 spiro atoms. The molecule has 0 N–H and O–H groups in total. The van der Waals surface area contributed by atoms with Crippen LogP contribution < -0.4 is 9.47 Å². The highest BCUT2D eigenvalue weighted by Gasteiger charge is 2.12. The fraction of sp³-hybridized carbons (Fsp3) is 0.632. The minimum atomic E-state index is -0.339. The van der Waals surface area contributed by atoms with Crippen molar-refractivity contribution in [2.24, 2.45) is 0 Å². The van der Waals surface area contributed by atoms with Gasteiger partial charge in [0.05, 0.1) is 25.4 Å². The molecule has 1 aromatic rings. The molecule has 1 aromatic carbocycles. The van der Waals surface area contributed by atoms with Gasteiger partial charge in [-0.2, -0.15) is 0 Å². The van der Waals surface area contributed by atoms with E-state index in [4.69, 9.17) is 14.2 Å². The van der Waals surface area contributed by atoms with Crippen molar-refractivity contribution in [3.63, 3.8) is 0 Å². The molecule has 0 unspecified atom stereocenters. The van der Waals surface area contributed by atoms with Crippen LogP contribution in [-0.4, -0.2) is 31.1 Å². The standard InChI is InChI=1S/C19H29BrO4/c1-3-22-18-15-16(19(21)23-4-2)11-12-17(18)24-14-10-8-6-5-7-9-13-20/h11-12,15H,3-10,13-14H2,1-2H3. The zero-order valence-corrected chi connectivity index (χ0v) is 16.4. The Bertz CT molecular complexity index is 476. The van der Waals surface area contributed by atoms with Gasteiger partial charge in [-0.25, -0.2) is 4.79 Å². The molecule has 24 heavy (non-hydrogen) atoms. The summed E-state index contributed by atoms with van der Waals surface area (Å²) in [7, 11) is 0. The fourth-order valence-corrected chi connectivity index (χ4v) is 2.72. The summed E-state index contributed by atoms with van der Waals surface area (Å²) in [5, 5.41) is 1.10. The van der Waals surface area contributed by atoms with E-state index < -0.39 is 0 Å². The van der Waals surface area contributed by atoms with Crippen LogP contribution in [0.4, 0.5) is 0 Å². The van der Waals surface area contributed by atoms with E-state index in [0.29, 0.717) is 36.9 Å². The summed E-state index contributed by atoms with van der Waals surface area (Å²) in [6, 6.07) is 5.19. The van der Waals surface area contributed by atoms with Gasteiger partial charge in [-0.3, -0.25) is 0 Å². The highest BCUT2D eigenvalue weighted by atomic mass is 79.9. The number of carbonyl (C=O) groups excluding carboxylic acids is 1. The van der Waals surface area contributed by atoms with Crippen molar-refractivity contribution in [2.75, 3.05) is 25.2 Å². The van der Waals surface area contributed by atoms with Crippen LogP contribution in [0.1, 0.15) is 62.7 Å². The highest BCUT2D eigenvalue weighted by Crippen LogP contribution is 2.29. The Balaban J connectivity index is 2.44. The number of ether oxygens (including phenoxy) is 3. The van der Waals surface area contributed by atoms with Gasteiger partial charge in [-0.1, -0.05) is 41.6 Å². The summed E-state index contributed by atoms with van der Waals surface area (Å²) >= 11 is 3.45. The average Bonchev–Trinajstić information content (AvgIpc) is 2.58. The Labute approximate surface area is 154 Å². The Kier molecular flexibility index (Phi) is 11.4. The van der Waals surface area contributed by atoms with Crippen molar-refractivity contribution >= 4 is 21.9 Å². The van der Waals surface area contributed by atoms with Gasteiger partial charge in [0, 0.05) is 5.33 Å². The number of halogens is 1. The number of unbranched alkanes of at least 4 members (excludes halogenated alkanes) is 5. The van der Waals surface area contributed by atoms with E-state index in [-0.39, 0.29) is 5.97 Å². The molecule has 5 heteroatoms. The molecule has 0 radical (unpaired) electrons. The smallest absolute Gasteiger partial charge is 0.338 e. The second kappa shape index (κ2) is 13.1. The predicted octanol–water partition coefficient (Wildman–Crippen LogP) is 5.38. The molecule has 0 atom stereocenters. The van der Waals surface area contributed by atoms with Crippen LogP contribution in [0.15, 0.2) is 18.2 Å². The Morgan fingerprint density at radius 3 is 2.29 bits per heavy atom. The molecule has 0 saturated carbocycles. The van der Waals surface area contributed by atoms with E-state index in [2.05, 4.69) is 15.9 Å². The van der Waals surface area contributed by atoms with Crippen LogP contribution in [0.3, 0.4) is 0 Å². The van der Waals surface area contributed by atoms with Crippen molar-refractivity contribution in [1.29, 1.82) is 0 Å². The largest absolute Gasteiger partial charge is 0.490 e. The van der Waals surface area contributed by atoms with Gasteiger partial charge < -0.3 is 14.2 Å². The van der Waals surface area contributed by atoms with Crippen molar-refractivity contribution in [1.82, 2.24) is 0 Å². The first kappa shape index (κ1) is 20.8. The Hall–Kier alpha value is -1.23. The third kappa shape index (κ3) is 8.04. The summed E-state index contributed by atoms with van der Waals surface area (Å²) in [4.78, 5) is 11.8. The topological polar surface area (TPSA) is 44.8 Å². The van der Waals surface area contributed by atoms with Crippen molar-refractivity contribution in [3.8, 4) is 11.5 Å². The lowest BCUT2D eigenvalue weighted by Gasteiger charge is -2.13. The minimum Gasteiger partial charge on any atom is -0.490 e. The maximum atomic E-state index is 11.8.